The van der Waals surface area contributed by atoms with Crippen LogP contribution in [0.15, 0.2) is 0 Å². The molecule has 3 fully saturated rings. The second kappa shape index (κ2) is 2.07. The van der Waals surface area contributed by atoms with Crippen molar-refractivity contribution < 1.29 is 19.0 Å². The highest BCUT2D eigenvalue weighted by atomic mass is 19.1. The highest BCUT2D eigenvalue weighted by Crippen LogP contribution is 2.65. The Bertz CT molecular complexity index is 255. The third-order valence-corrected chi connectivity index (χ3v) is 3.90. The summed E-state index contributed by atoms with van der Waals surface area (Å²) in [6.45, 7) is 0.0129. The van der Waals surface area contributed by atoms with Crippen molar-refractivity contribution in [3.8, 4) is 0 Å². The van der Waals surface area contributed by atoms with Crippen LogP contribution in [-0.2, 0) is 9.47 Å². The zero-order chi connectivity index (χ0) is 9.27. The molecule has 0 aromatic heterocycles. The second-order valence-electron chi connectivity index (χ2n) is 4.44. The fraction of sp³-hybridized carbons (Fsp3) is 1.00. The molecule has 1 heterocycles. The lowest BCUT2D eigenvalue weighted by atomic mass is 9.92. The fourth-order valence-corrected chi connectivity index (χ4v) is 3.08. The molecule has 3 aliphatic rings. The van der Waals surface area contributed by atoms with E-state index in [1.807, 2.05) is 0 Å². The Labute approximate surface area is 75.8 Å². The second-order valence-corrected chi connectivity index (χ2v) is 4.44. The first kappa shape index (κ1) is 8.15. The van der Waals surface area contributed by atoms with E-state index < -0.39 is 17.9 Å². The van der Waals surface area contributed by atoms with Crippen LogP contribution in [0.2, 0.25) is 0 Å². The van der Waals surface area contributed by atoms with Gasteiger partial charge in [-0.25, -0.2) is 4.39 Å². The van der Waals surface area contributed by atoms with Crippen molar-refractivity contribution in [1.82, 2.24) is 0 Å². The van der Waals surface area contributed by atoms with Crippen LogP contribution in [0.1, 0.15) is 12.8 Å². The van der Waals surface area contributed by atoms with Crippen LogP contribution in [0.3, 0.4) is 0 Å². The Balaban J connectivity index is 1.96. The molecule has 3 nitrogen and oxygen atoms in total. The van der Waals surface area contributed by atoms with Gasteiger partial charge in [-0.15, -0.1) is 0 Å². The number of aliphatic hydroxyl groups is 1. The largest absolute Gasteiger partial charge is 0.384 e. The maximum atomic E-state index is 13.3. The molecule has 5 atom stereocenters. The maximum Gasteiger partial charge on any atom is 0.155 e. The van der Waals surface area contributed by atoms with Crippen molar-refractivity contribution in [2.24, 2.45) is 5.92 Å². The number of alkyl halides is 1. The van der Waals surface area contributed by atoms with Gasteiger partial charge in [0.25, 0.3) is 0 Å². The molecule has 3 rings (SSSR count). The van der Waals surface area contributed by atoms with Crippen LogP contribution < -0.4 is 0 Å². The first-order valence-corrected chi connectivity index (χ1v) is 4.67. The number of methoxy groups -OCH3 is 1. The van der Waals surface area contributed by atoms with Gasteiger partial charge in [0.1, 0.15) is 17.3 Å². The summed E-state index contributed by atoms with van der Waals surface area (Å²) in [5.41, 5.74) is -1.63. The van der Waals surface area contributed by atoms with E-state index in [0.717, 1.165) is 6.42 Å². The third-order valence-electron chi connectivity index (χ3n) is 3.90. The SMILES string of the molecule is CO[C@]12C[C@H]1C[C@]1(O)[C@@H](F)CO[C@@H]12. The lowest BCUT2D eigenvalue weighted by molar-refractivity contribution is -0.104. The lowest BCUT2D eigenvalue weighted by Crippen LogP contribution is -2.47. The van der Waals surface area contributed by atoms with Gasteiger partial charge in [-0.05, 0) is 18.8 Å². The molecule has 1 saturated heterocycles. The summed E-state index contributed by atoms with van der Waals surface area (Å²) in [7, 11) is 1.61. The molecule has 0 aromatic carbocycles. The van der Waals surface area contributed by atoms with Crippen molar-refractivity contribution in [2.75, 3.05) is 13.7 Å². The highest BCUT2D eigenvalue weighted by Gasteiger charge is 2.77. The number of ether oxygens (including phenoxy) is 2. The Kier molecular flexibility index (Phi) is 1.30. The number of rotatable bonds is 1. The Morgan fingerprint density at radius 3 is 3.00 bits per heavy atom. The van der Waals surface area contributed by atoms with Gasteiger partial charge in [-0.2, -0.15) is 0 Å². The average Bonchev–Trinajstić information content (AvgIpc) is 2.62. The van der Waals surface area contributed by atoms with Gasteiger partial charge in [-0.3, -0.25) is 0 Å². The highest BCUT2D eigenvalue weighted by molar-refractivity contribution is 5.27. The molecule has 0 amide bonds. The van der Waals surface area contributed by atoms with Crippen LogP contribution in [0, 0.1) is 5.92 Å². The number of hydrogen-bond acceptors (Lipinski definition) is 3. The van der Waals surface area contributed by atoms with Crippen molar-refractivity contribution in [3.05, 3.63) is 0 Å². The van der Waals surface area contributed by atoms with E-state index in [4.69, 9.17) is 9.47 Å². The Morgan fingerprint density at radius 2 is 2.31 bits per heavy atom. The average molecular weight is 188 g/mol. The number of fused-ring (bicyclic) bond motifs is 3. The van der Waals surface area contributed by atoms with Crippen molar-refractivity contribution in [1.29, 1.82) is 0 Å². The summed E-state index contributed by atoms with van der Waals surface area (Å²) in [4.78, 5) is 0. The lowest BCUT2D eigenvalue weighted by Gasteiger charge is -2.28. The van der Waals surface area contributed by atoms with E-state index in [1.54, 1.807) is 7.11 Å². The van der Waals surface area contributed by atoms with E-state index in [9.17, 15) is 9.50 Å². The first-order valence-electron chi connectivity index (χ1n) is 4.67. The minimum atomic E-state index is -1.26. The summed E-state index contributed by atoms with van der Waals surface area (Å²) >= 11 is 0. The Morgan fingerprint density at radius 1 is 1.54 bits per heavy atom. The van der Waals surface area contributed by atoms with Gasteiger partial charge in [0.05, 0.1) is 6.61 Å². The normalized spacial score (nSPS) is 63.5. The van der Waals surface area contributed by atoms with Gasteiger partial charge in [-0.1, -0.05) is 0 Å². The molecule has 0 aromatic rings. The molecule has 0 bridgehead atoms. The zero-order valence-corrected chi connectivity index (χ0v) is 7.50. The molecule has 4 heteroatoms. The zero-order valence-electron chi connectivity index (χ0n) is 7.50. The van der Waals surface area contributed by atoms with Gasteiger partial charge in [0.15, 0.2) is 6.17 Å². The molecule has 0 spiro atoms. The predicted molar refractivity (Wildman–Crippen MR) is 42.0 cm³/mol. The standard InChI is InChI=1S/C9H13FO3/c1-12-9-3-5(9)2-8(11)6(10)4-13-7(8)9/h5-7,11H,2-4H2,1H3/t5-,6+,7+,8+,9-/m1/s1. The first-order chi connectivity index (χ1) is 6.13. The van der Waals surface area contributed by atoms with Crippen molar-refractivity contribution in [2.45, 2.75) is 36.3 Å². The summed E-state index contributed by atoms with van der Waals surface area (Å²) in [6, 6.07) is 0. The van der Waals surface area contributed by atoms with Gasteiger partial charge in [0, 0.05) is 7.11 Å². The van der Waals surface area contributed by atoms with Crippen LogP contribution in [0.4, 0.5) is 4.39 Å². The maximum absolute atomic E-state index is 13.3. The van der Waals surface area contributed by atoms with Crippen LogP contribution in [-0.4, -0.2) is 42.3 Å². The van der Waals surface area contributed by atoms with E-state index in [1.165, 1.54) is 0 Å². The molecular formula is C9H13FO3. The molecule has 2 aliphatic carbocycles. The van der Waals surface area contributed by atoms with Gasteiger partial charge in [0.2, 0.25) is 0 Å². The molecule has 1 N–H and O–H groups in total. The molecule has 2 saturated carbocycles. The molecular weight excluding hydrogens is 175 g/mol. The molecule has 74 valence electrons. The van der Waals surface area contributed by atoms with Crippen LogP contribution in [0.25, 0.3) is 0 Å². The minimum absolute atomic E-state index is 0.0129. The van der Waals surface area contributed by atoms with Crippen molar-refractivity contribution in [3.63, 3.8) is 0 Å². The summed E-state index contributed by atoms with van der Waals surface area (Å²) < 4.78 is 24.0. The molecule has 13 heavy (non-hydrogen) atoms. The van der Waals surface area contributed by atoms with E-state index >= 15 is 0 Å². The summed E-state index contributed by atoms with van der Waals surface area (Å²) in [5, 5.41) is 10.0. The number of halogens is 1. The monoisotopic (exact) mass is 188 g/mol. The van der Waals surface area contributed by atoms with Crippen molar-refractivity contribution >= 4 is 0 Å². The minimum Gasteiger partial charge on any atom is -0.384 e. The Hall–Kier alpha value is -0.190. The van der Waals surface area contributed by atoms with Crippen LogP contribution >= 0.6 is 0 Å². The fourth-order valence-electron chi connectivity index (χ4n) is 3.08. The topological polar surface area (TPSA) is 38.7 Å². The van der Waals surface area contributed by atoms with Gasteiger partial charge < -0.3 is 14.6 Å². The molecule has 0 unspecified atom stereocenters. The predicted octanol–water partition coefficient (Wildman–Crippen LogP) is 0.263. The number of hydrogen-bond donors (Lipinski definition) is 1. The third kappa shape index (κ3) is 0.717. The van der Waals surface area contributed by atoms with Gasteiger partial charge >= 0.3 is 0 Å². The van der Waals surface area contributed by atoms with E-state index in [0.29, 0.717) is 12.3 Å². The van der Waals surface area contributed by atoms with E-state index in [-0.39, 0.29) is 12.2 Å². The summed E-state index contributed by atoms with van der Waals surface area (Å²) in [6.07, 6.45) is -0.280. The van der Waals surface area contributed by atoms with E-state index in [2.05, 4.69) is 0 Å². The smallest absolute Gasteiger partial charge is 0.155 e. The molecule has 1 aliphatic heterocycles. The van der Waals surface area contributed by atoms with Crippen LogP contribution in [0.5, 0.6) is 0 Å². The quantitative estimate of drug-likeness (QED) is 0.641. The summed E-state index contributed by atoms with van der Waals surface area (Å²) in [5.74, 6) is 0.297. The molecule has 0 radical (unpaired) electrons.